The molecule has 3 atom stereocenters. The monoisotopic (exact) mass is 671 g/mol. The summed E-state index contributed by atoms with van der Waals surface area (Å²) in [5.41, 5.74) is -0.0916. The minimum Gasteiger partial charge on any atom is -0.508 e. The van der Waals surface area contributed by atoms with Gasteiger partial charge < -0.3 is 30.3 Å². The number of hydrogen-bond donors (Lipinski definition) is 4. The van der Waals surface area contributed by atoms with E-state index >= 15 is 0 Å². The second-order valence-electron chi connectivity index (χ2n) is 13.6. The Hall–Kier alpha value is -5.50. The molecule has 0 heterocycles. The van der Waals surface area contributed by atoms with E-state index < -0.39 is 53.2 Å². The predicted octanol–water partition coefficient (Wildman–Crippen LogP) is 5.07. The lowest BCUT2D eigenvalue weighted by molar-refractivity contribution is -0.159. The summed E-state index contributed by atoms with van der Waals surface area (Å²) in [7, 11) is 0. The van der Waals surface area contributed by atoms with Crippen LogP contribution >= 0.6 is 0 Å². The van der Waals surface area contributed by atoms with Crippen molar-refractivity contribution in [2.75, 3.05) is 0 Å². The van der Waals surface area contributed by atoms with Crippen molar-refractivity contribution >= 4 is 23.9 Å². The van der Waals surface area contributed by atoms with E-state index in [4.69, 9.17) is 15.9 Å². The maximum absolute atomic E-state index is 14.4. The zero-order valence-electron chi connectivity index (χ0n) is 28.9. The number of aryl methyl sites for hydroxylation is 1. The summed E-state index contributed by atoms with van der Waals surface area (Å²) in [5.74, 6) is -2.76. The standard InChI is InChI=1S/C38H45N3O8/c1-9-41(34(45)29(40-36(47)49-38(6,7)8)22-26-18-20-27(42)21-19-26)31(28-17-13-14-24(2)32(28)43)33(44)39-30(35(46)48-37(3,4)5)23-25-15-11-10-12-16-25/h1,10-21,29-31,42-43H,22-23H2,2-8H3,(H,39,44)(H,40,47). The first-order valence-electron chi connectivity index (χ1n) is 15.8. The fourth-order valence-corrected chi connectivity index (χ4v) is 4.92. The number of para-hydroxylation sites is 1. The largest absolute Gasteiger partial charge is 0.508 e. The van der Waals surface area contributed by atoms with Gasteiger partial charge in [-0.3, -0.25) is 14.5 Å². The smallest absolute Gasteiger partial charge is 0.408 e. The van der Waals surface area contributed by atoms with Crippen LogP contribution < -0.4 is 10.6 Å². The molecule has 3 rings (SSSR count). The van der Waals surface area contributed by atoms with Crippen molar-refractivity contribution in [3.05, 3.63) is 95.1 Å². The number of ether oxygens (including phenoxy) is 2. The van der Waals surface area contributed by atoms with Gasteiger partial charge in [-0.2, -0.15) is 0 Å². The average Bonchev–Trinajstić information content (AvgIpc) is 3.00. The Labute approximate surface area is 287 Å². The second-order valence-corrected chi connectivity index (χ2v) is 13.6. The molecule has 0 aliphatic heterocycles. The molecule has 0 aliphatic rings. The van der Waals surface area contributed by atoms with Crippen LogP contribution in [0.1, 0.15) is 69.8 Å². The Morgan fingerprint density at radius 2 is 1.35 bits per heavy atom. The van der Waals surface area contributed by atoms with Gasteiger partial charge in [0.05, 0.1) is 0 Å². The van der Waals surface area contributed by atoms with E-state index in [1.807, 2.05) is 6.07 Å². The van der Waals surface area contributed by atoms with Crippen LogP contribution in [0.5, 0.6) is 11.5 Å². The van der Waals surface area contributed by atoms with Gasteiger partial charge in [-0.15, -0.1) is 0 Å². The third-order valence-corrected chi connectivity index (χ3v) is 7.10. The molecule has 0 spiro atoms. The van der Waals surface area contributed by atoms with Crippen molar-refractivity contribution in [1.82, 2.24) is 15.5 Å². The number of phenolic OH excluding ortho intramolecular Hbond substituents is 2. The van der Waals surface area contributed by atoms with Crippen LogP contribution in [0.4, 0.5) is 4.79 Å². The number of carbonyl (C=O) groups is 4. The van der Waals surface area contributed by atoms with Gasteiger partial charge in [0, 0.05) is 24.4 Å². The Bertz CT molecular complexity index is 1670. The number of carbonyl (C=O) groups excluding carboxylic acids is 4. The Morgan fingerprint density at radius 3 is 1.92 bits per heavy atom. The third kappa shape index (κ3) is 11.3. The number of rotatable bonds is 11. The Kier molecular flexibility index (Phi) is 12.4. The van der Waals surface area contributed by atoms with Gasteiger partial charge in [-0.1, -0.05) is 67.1 Å². The first-order chi connectivity index (χ1) is 22.9. The quantitative estimate of drug-likeness (QED) is 0.125. The summed E-state index contributed by atoms with van der Waals surface area (Å²) in [4.78, 5) is 55.9. The number of terminal acetylenes is 1. The van der Waals surface area contributed by atoms with Crippen LogP contribution in [0.15, 0.2) is 72.8 Å². The average molecular weight is 672 g/mol. The van der Waals surface area contributed by atoms with Crippen LogP contribution in [0.25, 0.3) is 0 Å². The van der Waals surface area contributed by atoms with Gasteiger partial charge in [-0.05, 0) is 77.3 Å². The summed E-state index contributed by atoms with van der Waals surface area (Å²) >= 11 is 0. The molecule has 3 aromatic rings. The van der Waals surface area contributed by atoms with Gasteiger partial charge in [0.2, 0.25) is 5.91 Å². The van der Waals surface area contributed by atoms with Crippen molar-refractivity contribution in [2.45, 2.75) is 90.6 Å². The highest BCUT2D eigenvalue weighted by molar-refractivity contribution is 5.95. The van der Waals surface area contributed by atoms with E-state index in [9.17, 15) is 29.4 Å². The fraction of sp³-hybridized carbons (Fsp3) is 0.368. The molecule has 0 radical (unpaired) electrons. The SMILES string of the molecule is C#CN(C(=O)C(Cc1ccc(O)cc1)NC(=O)OC(C)(C)C)C(C(=O)NC(Cc1ccccc1)C(=O)OC(C)(C)C)c1cccc(C)c1O. The van der Waals surface area contributed by atoms with E-state index in [1.165, 1.54) is 18.2 Å². The lowest BCUT2D eigenvalue weighted by Gasteiger charge is -2.32. The van der Waals surface area contributed by atoms with Gasteiger partial charge in [0.1, 0.15) is 34.8 Å². The van der Waals surface area contributed by atoms with E-state index in [2.05, 4.69) is 16.7 Å². The van der Waals surface area contributed by atoms with Crippen LogP contribution in [0.2, 0.25) is 0 Å². The minimum absolute atomic E-state index is 0.00122. The maximum Gasteiger partial charge on any atom is 0.408 e. The number of nitrogens with zero attached hydrogens (tertiary/aromatic N) is 1. The highest BCUT2D eigenvalue weighted by atomic mass is 16.6. The summed E-state index contributed by atoms with van der Waals surface area (Å²) in [6.07, 6.45) is 4.99. The zero-order chi connectivity index (χ0) is 36.5. The number of nitrogens with one attached hydrogen (secondary N) is 2. The third-order valence-electron chi connectivity index (χ3n) is 7.10. The zero-order valence-corrected chi connectivity index (χ0v) is 28.9. The molecular formula is C38H45N3O8. The van der Waals surface area contributed by atoms with Crippen molar-refractivity contribution < 1.29 is 38.9 Å². The Balaban J connectivity index is 2.10. The highest BCUT2D eigenvalue weighted by Crippen LogP contribution is 2.32. The molecule has 0 bridgehead atoms. The van der Waals surface area contributed by atoms with E-state index in [1.54, 1.807) is 97.0 Å². The number of hydrogen-bond acceptors (Lipinski definition) is 8. The number of amides is 3. The van der Waals surface area contributed by atoms with Crippen molar-refractivity contribution in [3.8, 4) is 24.0 Å². The van der Waals surface area contributed by atoms with Gasteiger partial charge in [0.25, 0.3) is 5.91 Å². The molecule has 3 unspecified atom stereocenters. The van der Waals surface area contributed by atoms with Crippen LogP contribution in [0.3, 0.4) is 0 Å². The number of aromatic hydroxyl groups is 2. The molecule has 0 aliphatic carbocycles. The predicted molar refractivity (Wildman–Crippen MR) is 184 cm³/mol. The summed E-state index contributed by atoms with van der Waals surface area (Å²) in [6, 6.07) is 17.7. The topological polar surface area (TPSA) is 154 Å². The lowest BCUT2D eigenvalue weighted by Crippen LogP contribution is -2.54. The molecule has 260 valence electrons. The van der Waals surface area contributed by atoms with Gasteiger partial charge >= 0.3 is 12.1 Å². The molecule has 11 heteroatoms. The molecular weight excluding hydrogens is 626 g/mol. The summed E-state index contributed by atoms with van der Waals surface area (Å²) < 4.78 is 11.0. The first kappa shape index (κ1) is 38.0. The number of benzene rings is 3. The number of phenols is 2. The molecule has 3 amide bonds. The van der Waals surface area contributed by atoms with Crippen molar-refractivity contribution in [3.63, 3.8) is 0 Å². The van der Waals surface area contributed by atoms with E-state index in [0.29, 0.717) is 11.1 Å². The van der Waals surface area contributed by atoms with Crippen LogP contribution in [-0.2, 0) is 36.7 Å². The normalized spacial score (nSPS) is 13.2. The molecule has 0 saturated heterocycles. The molecule has 11 nitrogen and oxygen atoms in total. The Morgan fingerprint density at radius 1 is 0.776 bits per heavy atom. The van der Waals surface area contributed by atoms with Crippen LogP contribution in [0, 0.1) is 19.4 Å². The van der Waals surface area contributed by atoms with Crippen LogP contribution in [-0.4, -0.2) is 62.3 Å². The number of esters is 1. The van der Waals surface area contributed by atoms with Gasteiger partial charge in [0.15, 0.2) is 6.04 Å². The fourth-order valence-electron chi connectivity index (χ4n) is 4.92. The molecule has 0 saturated carbocycles. The highest BCUT2D eigenvalue weighted by Gasteiger charge is 2.39. The van der Waals surface area contributed by atoms with E-state index in [-0.39, 0.29) is 29.9 Å². The molecule has 4 N–H and O–H groups in total. The maximum atomic E-state index is 14.4. The van der Waals surface area contributed by atoms with Gasteiger partial charge in [-0.25, -0.2) is 9.59 Å². The van der Waals surface area contributed by atoms with E-state index in [0.717, 1.165) is 10.5 Å². The summed E-state index contributed by atoms with van der Waals surface area (Å²) in [5, 5.41) is 26.2. The molecule has 49 heavy (non-hydrogen) atoms. The van der Waals surface area contributed by atoms with Crippen molar-refractivity contribution in [1.29, 1.82) is 0 Å². The lowest BCUT2D eigenvalue weighted by atomic mass is 9.97. The summed E-state index contributed by atoms with van der Waals surface area (Å²) in [6.45, 7) is 11.7. The van der Waals surface area contributed by atoms with Crippen molar-refractivity contribution in [2.24, 2.45) is 0 Å². The minimum atomic E-state index is -1.65. The molecule has 0 aromatic heterocycles. The second kappa shape index (κ2) is 16.1. The first-order valence-corrected chi connectivity index (χ1v) is 15.8. The molecule has 3 aromatic carbocycles. The molecule has 0 fully saturated rings. The number of alkyl carbamates (subject to hydrolysis) is 1.